The molecule has 2 amide bonds. The second kappa shape index (κ2) is 7.31. The first-order chi connectivity index (χ1) is 10.6. The van der Waals surface area contributed by atoms with Crippen LogP contribution in [0, 0.1) is 11.6 Å². The summed E-state index contributed by atoms with van der Waals surface area (Å²) in [5.74, 6) is -1.95. The van der Waals surface area contributed by atoms with Crippen LogP contribution in [0.4, 0.5) is 8.78 Å². The number of hydrogen-bond acceptors (Lipinski definition) is 2. The Kier molecular flexibility index (Phi) is 5.19. The Labute approximate surface area is 126 Å². The Bertz CT molecular complexity index is 672. The number of halogens is 2. The molecular formula is C16H14F2N2O2. The van der Waals surface area contributed by atoms with Crippen molar-refractivity contribution in [2.75, 3.05) is 13.1 Å². The van der Waals surface area contributed by atoms with Crippen LogP contribution in [0.15, 0.2) is 48.5 Å². The zero-order valence-electron chi connectivity index (χ0n) is 11.6. The SMILES string of the molecule is O=C(NCCNC(=O)c1ccccc1F)c1ccc(F)cc1. The average Bonchev–Trinajstić information content (AvgIpc) is 2.52. The van der Waals surface area contributed by atoms with Crippen LogP contribution in [-0.4, -0.2) is 24.9 Å². The fourth-order valence-electron chi connectivity index (χ4n) is 1.80. The second-order valence-electron chi connectivity index (χ2n) is 4.50. The summed E-state index contributed by atoms with van der Waals surface area (Å²) >= 11 is 0. The highest BCUT2D eigenvalue weighted by molar-refractivity contribution is 5.95. The van der Waals surface area contributed by atoms with Crippen LogP contribution in [0.25, 0.3) is 0 Å². The van der Waals surface area contributed by atoms with Gasteiger partial charge in [-0.1, -0.05) is 12.1 Å². The molecule has 0 heterocycles. The first-order valence-corrected chi connectivity index (χ1v) is 6.64. The molecule has 22 heavy (non-hydrogen) atoms. The highest BCUT2D eigenvalue weighted by Crippen LogP contribution is 2.05. The van der Waals surface area contributed by atoms with Crippen LogP contribution >= 0.6 is 0 Å². The molecule has 114 valence electrons. The first-order valence-electron chi connectivity index (χ1n) is 6.64. The standard InChI is InChI=1S/C16H14F2N2O2/c17-12-7-5-11(6-8-12)15(21)19-9-10-20-16(22)13-3-1-2-4-14(13)18/h1-8H,9-10H2,(H,19,21)(H,20,22). The predicted octanol–water partition coefficient (Wildman–Crippen LogP) is 2.12. The maximum absolute atomic E-state index is 13.4. The first kappa shape index (κ1) is 15.6. The molecule has 0 saturated heterocycles. The van der Waals surface area contributed by atoms with E-state index in [1.54, 1.807) is 6.07 Å². The summed E-state index contributed by atoms with van der Waals surface area (Å²) in [6, 6.07) is 10.7. The zero-order chi connectivity index (χ0) is 15.9. The number of hydrogen-bond donors (Lipinski definition) is 2. The molecule has 2 aromatic rings. The summed E-state index contributed by atoms with van der Waals surface area (Å²) in [5, 5.41) is 5.07. The van der Waals surface area contributed by atoms with E-state index in [0.717, 1.165) is 0 Å². The van der Waals surface area contributed by atoms with Crippen LogP contribution < -0.4 is 10.6 Å². The molecule has 0 fully saturated rings. The van der Waals surface area contributed by atoms with Crippen molar-refractivity contribution in [3.05, 3.63) is 71.3 Å². The fraction of sp³-hybridized carbons (Fsp3) is 0.125. The zero-order valence-corrected chi connectivity index (χ0v) is 11.6. The molecule has 0 unspecified atom stereocenters. The highest BCUT2D eigenvalue weighted by atomic mass is 19.1. The highest BCUT2D eigenvalue weighted by Gasteiger charge is 2.10. The maximum atomic E-state index is 13.4. The average molecular weight is 304 g/mol. The van der Waals surface area contributed by atoms with E-state index >= 15 is 0 Å². The Morgan fingerprint density at radius 2 is 1.41 bits per heavy atom. The van der Waals surface area contributed by atoms with E-state index in [2.05, 4.69) is 10.6 Å². The molecular weight excluding hydrogens is 290 g/mol. The van der Waals surface area contributed by atoms with Crippen molar-refractivity contribution in [2.45, 2.75) is 0 Å². The predicted molar refractivity (Wildman–Crippen MR) is 77.5 cm³/mol. The minimum Gasteiger partial charge on any atom is -0.350 e. The lowest BCUT2D eigenvalue weighted by Gasteiger charge is -2.07. The molecule has 0 aliphatic carbocycles. The molecule has 6 heteroatoms. The molecule has 0 atom stereocenters. The summed E-state index contributed by atoms with van der Waals surface area (Å²) in [6.45, 7) is 0.330. The number of carbonyl (C=O) groups is 2. The van der Waals surface area contributed by atoms with Crippen molar-refractivity contribution in [1.82, 2.24) is 10.6 Å². The molecule has 2 aromatic carbocycles. The number of benzene rings is 2. The third kappa shape index (κ3) is 4.12. The minimum absolute atomic E-state index is 0.0487. The number of rotatable bonds is 5. The van der Waals surface area contributed by atoms with E-state index in [4.69, 9.17) is 0 Å². The summed E-state index contributed by atoms with van der Waals surface area (Å²) in [7, 11) is 0. The van der Waals surface area contributed by atoms with Gasteiger partial charge in [0.05, 0.1) is 5.56 Å². The fourth-order valence-corrected chi connectivity index (χ4v) is 1.80. The van der Waals surface area contributed by atoms with Gasteiger partial charge in [0.15, 0.2) is 0 Å². The number of nitrogens with one attached hydrogen (secondary N) is 2. The third-order valence-electron chi connectivity index (χ3n) is 2.92. The van der Waals surface area contributed by atoms with Gasteiger partial charge in [0.1, 0.15) is 11.6 Å². The van der Waals surface area contributed by atoms with Crippen LogP contribution in [0.3, 0.4) is 0 Å². The summed E-state index contributed by atoms with van der Waals surface area (Å²) in [5.41, 5.74) is 0.272. The van der Waals surface area contributed by atoms with E-state index in [-0.39, 0.29) is 24.6 Å². The van der Waals surface area contributed by atoms with Crippen molar-refractivity contribution < 1.29 is 18.4 Å². The van der Waals surface area contributed by atoms with Crippen molar-refractivity contribution in [1.29, 1.82) is 0 Å². The molecule has 2 rings (SSSR count). The van der Waals surface area contributed by atoms with Crippen molar-refractivity contribution >= 4 is 11.8 Å². The molecule has 2 N–H and O–H groups in total. The summed E-state index contributed by atoms with van der Waals surface area (Å²) in [4.78, 5) is 23.4. The lowest BCUT2D eigenvalue weighted by atomic mass is 10.2. The molecule has 0 saturated carbocycles. The van der Waals surface area contributed by atoms with Gasteiger partial charge in [-0.25, -0.2) is 8.78 Å². The van der Waals surface area contributed by atoms with Gasteiger partial charge in [0.2, 0.25) is 0 Å². The van der Waals surface area contributed by atoms with Crippen LogP contribution in [0.2, 0.25) is 0 Å². The van der Waals surface area contributed by atoms with Crippen LogP contribution in [0.5, 0.6) is 0 Å². The van der Waals surface area contributed by atoms with Gasteiger partial charge in [-0.15, -0.1) is 0 Å². The summed E-state index contributed by atoms with van der Waals surface area (Å²) in [6.07, 6.45) is 0. The lowest BCUT2D eigenvalue weighted by molar-refractivity contribution is 0.0925. The number of carbonyl (C=O) groups excluding carboxylic acids is 2. The summed E-state index contributed by atoms with van der Waals surface area (Å²) < 4.78 is 26.1. The van der Waals surface area contributed by atoms with Gasteiger partial charge in [-0.2, -0.15) is 0 Å². The Balaban J connectivity index is 1.77. The Morgan fingerprint density at radius 1 is 0.818 bits per heavy atom. The van der Waals surface area contributed by atoms with Gasteiger partial charge >= 0.3 is 0 Å². The molecule has 0 spiro atoms. The molecule has 0 aliphatic heterocycles. The van der Waals surface area contributed by atoms with Gasteiger partial charge in [0, 0.05) is 18.7 Å². The quantitative estimate of drug-likeness (QED) is 0.831. The molecule has 0 aliphatic rings. The lowest BCUT2D eigenvalue weighted by Crippen LogP contribution is -2.35. The van der Waals surface area contributed by atoms with Gasteiger partial charge in [0.25, 0.3) is 11.8 Å². The normalized spacial score (nSPS) is 10.1. The van der Waals surface area contributed by atoms with E-state index in [1.807, 2.05) is 0 Å². The van der Waals surface area contributed by atoms with Gasteiger partial charge in [-0.3, -0.25) is 9.59 Å². The largest absolute Gasteiger partial charge is 0.350 e. The molecule has 0 radical (unpaired) electrons. The Morgan fingerprint density at radius 3 is 2.05 bits per heavy atom. The number of amides is 2. The van der Waals surface area contributed by atoms with E-state index in [1.165, 1.54) is 42.5 Å². The molecule has 0 aromatic heterocycles. The van der Waals surface area contributed by atoms with E-state index in [0.29, 0.717) is 5.56 Å². The van der Waals surface area contributed by atoms with Crippen molar-refractivity contribution in [2.24, 2.45) is 0 Å². The third-order valence-corrected chi connectivity index (χ3v) is 2.92. The molecule has 0 bridgehead atoms. The van der Waals surface area contributed by atoms with Gasteiger partial charge < -0.3 is 10.6 Å². The molecule has 4 nitrogen and oxygen atoms in total. The second-order valence-corrected chi connectivity index (χ2v) is 4.50. The van der Waals surface area contributed by atoms with E-state index < -0.39 is 17.5 Å². The Hall–Kier alpha value is -2.76. The topological polar surface area (TPSA) is 58.2 Å². The maximum Gasteiger partial charge on any atom is 0.254 e. The van der Waals surface area contributed by atoms with Crippen molar-refractivity contribution in [3.8, 4) is 0 Å². The van der Waals surface area contributed by atoms with E-state index in [9.17, 15) is 18.4 Å². The van der Waals surface area contributed by atoms with Crippen LogP contribution in [0.1, 0.15) is 20.7 Å². The monoisotopic (exact) mass is 304 g/mol. The van der Waals surface area contributed by atoms with Crippen LogP contribution in [-0.2, 0) is 0 Å². The van der Waals surface area contributed by atoms with Crippen molar-refractivity contribution in [3.63, 3.8) is 0 Å². The van der Waals surface area contributed by atoms with Gasteiger partial charge in [-0.05, 0) is 36.4 Å². The smallest absolute Gasteiger partial charge is 0.254 e. The minimum atomic E-state index is -0.602.